The molecule has 0 radical (unpaired) electrons. The second kappa shape index (κ2) is 10.6. The van der Waals surface area contributed by atoms with E-state index < -0.39 is 165 Å². The van der Waals surface area contributed by atoms with E-state index in [1.54, 1.807) is 0 Å². The van der Waals surface area contributed by atoms with E-state index in [2.05, 4.69) is 15.4 Å². The van der Waals surface area contributed by atoms with Crippen molar-refractivity contribution in [1.82, 2.24) is 15.4 Å². The Bertz CT molecular complexity index is 2660. The molecule has 7 rings (SSSR count). The number of hydrogen-bond donors (Lipinski definition) is 0. The van der Waals surface area contributed by atoms with Gasteiger partial charge in [0.2, 0.25) is 0 Å². The van der Waals surface area contributed by atoms with Gasteiger partial charge in [0.1, 0.15) is 0 Å². The maximum absolute atomic E-state index is 10.3. The van der Waals surface area contributed by atoms with Gasteiger partial charge in [0, 0.05) is 0 Å². The molecule has 0 N–H and O–H groups in total. The summed E-state index contributed by atoms with van der Waals surface area (Å²) >= 11 is -1.64. The van der Waals surface area contributed by atoms with Gasteiger partial charge in [0.05, 0.1) is 0 Å². The molecule has 5 unspecified atom stereocenters. The van der Waals surface area contributed by atoms with Crippen LogP contribution >= 0.6 is 0 Å². The minimum atomic E-state index is -4.38. The van der Waals surface area contributed by atoms with Gasteiger partial charge in [0.25, 0.3) is 0 Å². The predicted molar refractivity (Wildman–Crippen MR) is 155 cm³/mol. The summed E-state index contributed by atoms with van der Waals surface area (Å²) in [7, 11) is 0. The molecule has 37 heavy (non-hydrogen) atoms. The zero-order chi connectivity index (χ0) is 50.6. The first-order valence-electron chi connectivity index (χ1n) is 26.0. The zero-order valence-corrected chi connectivity index (χ0v) is 20.8. The number of fused-ring (bicyclic) bond motifs is 3. The molecule has 0 amide bonds. The molecule has 2 aromatic heterocycles. The van der Waals surface area contributed by atoms with Crippen molar-refractivity contribution >= 4 is 33.8 Å². The third-order valence-electron chi connectivity index (χ3n) is 6.15. The van der Waals surface area contributed by atoms with Gasteiger partial charge in [-0.05, 0) is 0 Å². The Balaban J connectivity index is 1.95. The van der Waals surface area contributed by atoms with Crippen molar-refractivity contribution in [3.8, 4) is 11.3 Å². The summed E-state index contributed by atoms with van der Waals surface area (Å²) in [6.07, 6.45) is -56.0. The molecule has 4 heteroatoms. The Morgan fingerprint density at radius 1 is 0.757 bits per heavy atom. The molecule has 5 atom stereocenters. The summed E-state index contributed by atoms with van der Waals surface area (Å²) in [6, 6.07) is 6.31. The molecule has 0 bridgehead atoms. The molecule has 0 saturated heterocycles. The van der Waals surface area contributed by atoms with Gasteiger partial charge in [-0.3, -0.25) is 0 Å². The third-order valence-corrected chi connectivity index (χ3v) is 8.64. The number of benzene rings is 2. The number of hydrogen-bond acceptors (Lipinski definition) is 3. The molecule has 0 aliphatic heterocycles. The topological polar surface area (TPSA) is 38.7 Å². The fourth-order valence-electron chi connectivity index (χ4n) is 4.72. The van der Waals surface area contributed by atoms with Crippen LogP contribution in [0.3, 0.4) is 0 Å². The number of nitrogens with zero attached hydrogens (tertiary/aromatic N) is 3. The minimum absolute atomic E-state index is 0.116. The van der Waals surface area contributed by atoms with Crippen molar-refractivity contribution < 1.29 is 39.8 Å². The Kier molecular flexibility index (Phi) is 2.37. The van der Waals surface area contributed by atoms with E-state index >= 15 is 0 Å². The number of aromatic nitrogens is 3. The molecular weight excluding hydrogens is 517 g/mol. The predicted octanol–water partition coefficient (Wildman–Crippen LogP) is 9.05. The third kappa shape index (κ3) is 4.39. The SMILES string of the molecule is [2H]C1C([2H])([2H])C([2H])([2H])C([2H])([2H])C([2H])([2H])C1([2H])c1c(-c2ccnnn2)c(C2([2H])CC([2H])([2H])C([2H])([2H])C([2H])([2H])C2([2H])[2H])c2c([se]c3ccccc32)c1C1([2H])C([2H])C([2H])([2H])C([2H])([2H])C([2H])([2H])C1([2H])[2H]. The molecule has 3 aliphatic carbocycles. The summed E-state index contributed by atoms with van der Waals surface area (Å²) in [5, 5.41) is 10.3. The van der Waals surface area contributed by atoms with Gasteiger partial charge in [-0.15, -0.1) is 0 Å². The second-order valence-electron chi connectivity index (χ2n) is 8.17. The fraction of sp³-hybridized carbons (Fsp3) is 0.545. The van der Waals surface area contributed by atoms with Crippen LogP contribution in [0.2, 0.25) is 0 Å². The van der Waals surface area contributed by atoms with E-state index in [-0.39, 0.29) is 9.65 Å². The van der Waals surface area contributed by atoms with E-state index in [1.165, 1.54) is 24.3 Å². The van der Waals surface area contributed by atoms with Crippen molar-refractivity contribution in [2.45, 2.75) is 113 Å². The van der Waals surface area contributed by atoms with Crippen LogP contribution in [-0.2, 0) is 0 Å². The average molecular weight is 586 g/mol. The van der Waals surface area contributed by atoms with Gasteiger partial charge in [-0.2, -0.15) is 0 Å². The summed E-state index contributed by atoms with van der Waals surface area (Å²) in [6.45, 7) is 0. The summed E-state index contributed by atoms with van der Waals surface area (Å²) < 4.78 is 264. The van der Waals surface area contributed by atoms with Crippen molar-refractivity contribution in [3.05, 3.63) is 53.2 Å². The van der Waals surface area contributed by atoms with Gasteiger partial charge in [-0.25, -0.2) is 0 Å². The first-order valence-corrected chi connectivity index (χ1v) is 13.1. The zero-order valence-electron chi connectivity index (χ0n) is 48.1. The van der Waals surface area contributed by atoms with Crippen molar-refractivity contribution in [2.24, 2.45) is 0 Å². The van der Waals surface area contributed by atoms with Crippen LogP contribution in [0.5, 0.6) is 0 Å². The Morgan fingerprint density at radius 3 is 2.27 bits per heavy atom. The molecule has 0 spiro atoms. The van der Waals surface area contributed by atoms with E-state index in [4.69, 9.17) is 24.7 Å². The standard InChI is InChI=1S/C33H39N3Se/c1-4-12-22(13-5-1)28-30(24-16-8-3-9-17-24)33-31(25-18-10-11-19-27(25)37-33)29(23-14-6-2-7-15-23)32(28)26-20-21-34-36-35-26/h10-11,18-24H,1-9,12-17H2/i1D2,2D2,3D2,4D2,5D2,6D2,7D2,8D2,9D2,12D,13D2,14D2,16D,17D2,22D,23D,24D. The second-order valence-corrected chi connectivity index (χ2v) is 10.4. The van der Waals surface area contributed by atoms with Crippen molar-refractivity contribution in [3.63, 3.8) is 0 Å². The average Bonchev–Trinajstić information content (AvgIpc) is 3.58. The maximum atomic E-state index is 10.3. The van der Waals surface area contributed by atoms with E-state index in [0.717, 1.165) is 12.3 Å². The first-order chi connectivity index (χ1) is 29.3. The molecule has 3 nitrogen and oxygen atoms in total. The van der Waals surface area contributed by atoms with Crippen LogP contribution in [0.15, 0.2) is 36.5 Å². The summed E-state index contributed by atoms with van der Waals surface area (Å²) in [5.41, 5.74) is -6.13. The van der Waals surface area contributed by atoms with E-state index in [0.29, 0.717) is 0 Å². The van der Waals surface area contributed by atoms with Gasteiger partial charge < -0.3 is 0 Å². The Labute approximate surface area is 268 Å². The fourth-order valence-corrected chi connectivity index (χ4v) is 7.40. The summed E-state index contributed by atoms with van der Waals surface area (Å²) in [4.78, 5) is 0. The van der Waals surface area contributed by atoms with E-state index in [9.17, 15) is 15.1 Å². The van der Waals surface area contributed by atoms with Crippen LogP contribution in [0.1, 0.15) is 170 Å². The summed E-state index contributed by atoms with van der Waals surface area (Å²) in [5.74, 6) is -12.0. The molecule has 192 valence electrons. The molecule has 3 saturated carbocycles. The quantitative estimate of drug-likeness (QED) is 0.224. The molecule has 2 heterocycles. The van der Waals surface area contributed by atoms with Crippen molar-refractivity contribution in [1.29, 1.82) is 0 Å². The van der Waals surface area contributed by atoms with Gasteiger partial charge in [-0.1, -0.05) is 0 Å². The normalized spacial score (nSPS) is 62.9. The molecule has 3 aliphatic rings. The molecule has 3 fully saturated rings. The molecule has 2 aromatic carbocycles. The van der Waals surface area contributed by atoms with Crippen LogP contribution in [0.25, 0.3) is 30.6 Å². The Hall–Kier alpha value is -2.03. The molecule has 4 aromatic rings. The Morgan fingerprint density at radius 2 is 1.49 bits per heavy atom. The first kappa shape index (κ1) is 8.24. The van der Waals surface area contributed by atoms with Crippen LogP contribution in [0.4, 0.5) is 0 Å². The van der Waals surface area contributed by atoms with Crippen LogP contribution < -0.4 is 0 Å². The van der Waals surface area contributed by atoms with E-state index in [1.807, 2.05) is 0 Å². The van der Waals surface area contributed by atoms with Crippen molar-refractivity contribution in [2.75, 3.05) is 0 Å². The van der Waals surface area contributed by atoms with Gasteiger partial charge in [0.15, 0.2) is 0 Å². The van der Waals surface area contributed by atoms with Gasteiger partial charge >= 0.3 is 267 Å². The molecular formula is C33H39N3Se. The monoisotopic (exact) mass is 586 g/mol. The number of rotatable bonds is 4. The van der Waals surface area contributed by atoms with Crippen LogP contribution in [-0.4, -0.2) is 29.9 Å². The van der Waals surface area contributed by atoms with Crippen LogP contribution in [0, 0.1) is 0 Å².